The monoisotopic (exact) mass is 157 g/mol. The van der Waals surface area contributed by atoms with Crippen molar-refractivity contribution in [3.8, 4) is 0 Å². The highest BCUT2D eigenvalue weighted by molar-refractivity contribution is 5.41. The van der Waals surface area contributed by atoms with Gasteiger partial charge in [-0.2, -0.15) is 4.39 Å². The number of isocyanates is 3. The van der Waals surface area contributed by atoms with Crippen LogP contribution in [0.15, 0.2) is 15.0 Å². The topological polar surface area (TPSA) is 88.3 Å². The van der Waals surface area contributed by atoms with Gasteiger partial charge in [-0.3, -0.25) is 0 Å². The molecule has 56 valence electrons. The van der Waals surface area contributed by atoms with Gasteiger partial charge in [0, 0.05) is 0 Å². The van der Waals surface area contributed by atoms with E-state index in [1.165, 1.54) is 0 Å². The lowest BCUT2D eigenvalue weighted by Gasteiger charge is -1.98. The molecule has 0 N–H and O–H groups in total. The van der Waals surface area contributed by atoms with Crippen LogP contribution in [0.2, 0.25) is 0 Å². The van der Waals surface area contributed by atoms with Gasteiger partial charge in [0.15, 0.2) is 0 Å². The molecule has 0 spiro atoms. The number of halogens is 1. The van der Waals surface area contributed by atoms with E-state index in [9.17, 15) is 18.8 Å². The van der Waals surface area contributed by atoms with Crippen LogP contribution in [0.25, 0.3) is 0 Å². The average molecular weight is 157 g/mol. The molecule has 0 aromatic rings. The van der Waals surface area contributed by atoms with Gasteiger partial charge in [-0.25, -0.2) is 14.4 Å². The van der Waals surface area contributed by atoms with Crippen LogP contribution in [0.5, 0.6) is 0 Å². The molecule has 0 saturated carbocycles. The van der Waals surface area contributed by atoms with Gasteiger partial charge in [0.05, 0.1) is 0 Å². The van der Waals surface area contributed by atoms with Crippen LogP contribution in [-0.4, -0.2) is 24.3 Å². The van der Waals surface area contributed by atoms with Gasteiger partial charge in [-0.1, -0.05) is 0 Å². The zero-order valence-corrected chi connectivity index (χ0v) is 4.94. The number of hydrogen-bond acceptors (Lipinski definition) is 6. The van der Waals surface area contributed by atoms with Crippen molar-refractivity contribution in [3.63, 3.8) is 0 Å². The third-order valence-electron chi connectivity index (χ3n) is 0.564. The molecule has 0 aliphatic rings. The van der Waals surface area contributed by atoms with Crippen molar-refractivity contribution in [3.05, 3.63) is 0 Å². The van der Waals surface area contributed by atoms with Gasteiger partial charge >= 0.3 is 6.04 Å². The molecule has 0 bridgehead atoms. The Kier molecular flexibility index (Phi) is 3.28. The smallest absolute Gasteiger partial charge is 0.211 e. The van der Waals surface area contributed by atoms with E-state index in [2.05, 4.69) is 15.0 Å². The predicted octanol–water partition coefficient (Wildman–Crippen LogP) is -0.425. The summed E-state index contributed by atoms with van der Waals surface area (Å²) in [6.45, 7) is 0. The molecular weight excluding hydrogens is 157 g/mol. The normalized spacial score (nSPS) is 12.8. The molecule has 0 aromatic carbocycles. The quantitative estimate of drug-likeness (QED) is 0.316. The maximum absolute atomic E-state index is 12.5. The number of nitrogens with zero attached hydrogens (tertiary/aromatic N) is 3. The number of rotatable bonds is 3. The lowest BCUT2D eigenvalue weighted by molar-refractivity contribution is 0.201. The summed E-state index contributed by atoms with van der Waals surface area (Å²) in [5.41, 5.74) is 0. The van der Waals surface area contributed by atoms with Crippen LogP contribution < -0.4 is 0 Å². The highest BCUT2D eigenvalue weighted by atomic mass is 19.2. The first-order chi connectivity index (χ1) is 5.18. The first-order valence-corrected chi connectivity index (χ1v) is 2.14. The molecule has 0 atom stereocenters. The Labute approximate surface area is 59.2 Å². The van der Waals surface area contributed by atoms with E-state index in [-0.39, 0.29) is 0 Å². The minimum Gasteiger partial charge on any atom is -0.211 e. The van der Waals surface area contributed by atoms with Crippen LogP contribution in [0.4, 0.5) is 4.39 Å². The summed E-state index contributed by atoms with van der Waals surface area (Å²) in [5.74, 6) is 0. The molecule has 0 heterocycles. The molecule has 0 aliphatic heterocycles. The fraction of sp³-hybridized carbons (Fsp3) is 0.250. The molecule has 0 fully saturated rings. The van der Waals surface area contributed by atoms with Crippen LogP contribution in [-0.2, 0) is 14.4 Å². The first-order valence-electron chi connectivity index (χ1n) is 2.14. The standard InChI is InChI=1S/C4FN3O3/c5-4(6-1-9,7-2-10)8-3-11. The maximum Gasteiger partial charge on any atom is 0.429 e. The third kappa shape index (κ3) is 2.93. The van der Waals surface area contributed by atoms with E-state index >= 15 is 0 Å². The Morgan fingerprint density at radius 1 is 0.909 bits per heavy atom. The summed E-state index contributed by atoms with van der Waals surface area (Å²) in [7, 11) is 0. The Balaban J connectivity index is 4.94. The molecular formula is C4FN3O3. The first kappa shape index (κ1) is 9.07. The Morgan fingerprint density at radius 2 is 1.18 bits per heavy atom. The van der Waals surface area contributed by atoms with Gasteiger partial charge in [-0.05, 0) is 0 Å². The van der Waals surface area contributed by atoms with E-state index in [0.717, 1.165) is 18.2 Å². The van der Waals surface area contributed by atoms with Crippen LogP contribution in [0, 0.1) is 0 Å². The largest absolute Gasteiger partial charge is 0.429 e. The van der Waals surface area contributed by atoms with Crippen molar-refractivity contribution in [1.29, 1.82) is 0 Å². The van der Waals surface area contributed by atoms with Gasteiger partial charge in [-0.15, -0.1) is 15.0 Å². The zero-order valence-electron chi connectivity index (χ0n) is 4.94. The second-order valence-corrected chi connectivity index (χ2v) is 1.16. The van der Waals surface area contributed by atoms with Gasteiger partial charge in [0.25, 0.3) is 0 Å². The maximum atomic E-state index is 12.5. The van der Waals surface area contributed by atoms with Crippen molar-refractivity contribution in [2.45, 2.75) is 6.04 Å². The fourth-order valence-electron chi connectivity index (χ4n) is 0.249. The third-order valence-corrected chi connectivity index (χ3v) is 0.564. The van der Waals surface area contributed by atoms with Crippen molar-refractivity contribution >= 4 is 18.2 Å². The van der Waals surface area contributed by atoms with E-state index < -0.39 is 6.04 Å². The van der Waals surface area contributed by atoms with Gasteiger partial charge in [0.1, 0.15) is 0 Å². The molecule has 0 aromatic heterocycles. The van der Waals surface area contributed by atoms with E-state index in [4.69, 9.17) is 0 Å². The zero-order chi connectivity index (χ0) is 8.74. The fourth-order valence-corrected chi connectivity index (χ4v) is 0.249. The SMILES string of the molecule is O=C=NC(F)(N=C=O)N=C=O. The summed E-state index contributed by atoms with van der Waals surface area (Å²) in [6.07, 6.45) is 2.20. The van der Waals surface area contributed by atoms with Gasteiger partial charge in [0.2, 0.25) is 18.2 Å². The summed E-state index contributed by atoms with van der Waals surface area (Å²) >= 11 is 0. The number of hydrogen-bond donors (Lipinski definition) is 0. The highest BCUT2D eigenvalue weighted by Crippen LogP contribution is 2.13. The lowest BCUT2D eigenvalue weighted by Crippen LogP contribution is -2.11. The minimum atomic E-state index is -3.24. The second-order valence-electron chi connectivity index (χ2n) is 1.16. The van der Waals surface area contributed by atoms with Crippen molar-refractivity contribution in [2.75, 3.05) is 0 Å². The van der Waals surface area contributed by atoms with Crippen molar-refractivity contribution in [2.24, 2.45) is 15.0 Å². The van der Waals surface area contributed by atoms with Gasteiger partial charge < -0.3 is 0 Å². The van der Waals surface area contributed by atoms with E-state index in [1.54, 1.807) is 0 Å². The van der Waals surface area contributed by atoms with E-state index in [1.807, 2.05) is 0 Å². The molecule has 0 amide bonds. The summed E-state index contributed by atoms with van der Waals surface area (Å²) in [4.78, 5) is 35.3. The van der Waals surface area contributed by atoms with Crippen LogP contribution in [0.3, 0.4) is 0 Å². The number of aliphatic imine (C=N–C) groups is 3. The summed E-state index contributed by atoms with van der Waals surface area (Å²) < 4.78 is 12.5. The minimum absolute atomic E-state index is 0.733. The molecule has 7 heteroatoms. The molecule has 0 rings (SSSR count). The van der Waals surface area contributed by atoms with Crippen molar-refractivity contribution < 1.29 is 18.8 Å². The average Bonchev–Trinajstić information content (AvgIpc) is 1.88. The Morgan fingerprint density at radius 3 is 1.36 bits per heavy atom. The number of alkyl halides is 1. The molecule has 0 aliphatic carbocycles. The molecule has 11 heavy (non-hydrogen) atoms. The highest BCUT2D eigenvalue weighted by Gasteiger charge is 2.27. The Hall–Kier alpha value is -1.93. The predicted molar refractivity (Wildman–Crippen MR) is 28.2 cm³/mol. The molecule has 6 nitrogen and oxygen atoms in total. The summed E-state index contributed by atoms with van der Waals surface area (Å²) in [5, 5.41) is 0. The number of carbonyl (C=O) groups excluding carboxylic acids is 3. The summed E-state index contributed by atoms with van der Waals surface area (Å²) in [6, 6.07) is -3.24. The lowest BCUT2D eigenvalue weighted by atomic mass is 10.8. The van der Waals surface area contributed by atoms with E-state index in [0.29, 0.717) is 0 Å². The second kappa shape index (κ2) is 3.98. The van der Waals surface area contributed by atoms with Crippen LogP contribution >= 0.6 is 0 Å². The molecule has 0 saturated heterocycles. The molecule has 0 radical (unpaired) electrons. The molecule has 0 unspecified atom stereocenters. The Bertz CT molecular complexity index is 237. The van der Waals surface area contributed by atoms with Crippen molar-refractivity contribution in [1.82, 2.24) is 0 Å². The van der Waals surface area contributed by atoms with Crippen LogP contribution in [0.1, 0.15) is 0 Å².